The molecule has 0 bridgehead atoms. The summed E-state index contributed by atoms with van der Waals surface area (Å²) in [4.78, 5) is 30.2. The Labute approximate surface area is 174 Å². The van der Waals surface area contributed by atoms with Gasteiger partial charge in [0.25, 0.3) is 0 Å². The van der Waals surface area contributed by atoms with Crippen LogP contribution in [0.25, 0.3) is 10.2 Å². The van der Waals surface area contributed by atoms with Crippen LogP contribution in [0.2, 0.25) is 0 Å². The molecular weight excluding hydrogens is 384 g/mol. The summed E-state index contributed by atoms with van der Waals surface area (Å²) >= 11 is 1.70. The zero-order chi connectivity index (χ0) is 20.5. The van der Waals surface area contributed by atoms with E-state index in [0.29, 0.717) is 19.6 Å². The van der Waals surface area contributed by atoms with Gasteiger partial charge in [0.05, 0.1) is 15.2 Å². The molecule has 0 aliphatic rings. The lowest BCUT2D eigenvalue weighted by atomic mass is 10.2. The zero-order valence-electron chi connectivity index (χ0n) is 16.6. The second kappa shape index (κ2) is 10.6. The molecule has 0 fully saturated rings. The number of rotatable bonds is 9. The van der Waals surface area contributed by atoms with E-state index >= 15 is 0 Å². The first-order chi connectivity index (χ1) is 14.1. The maximum Gasteiger partial charge on any atom is 0.317 e. The number of para-hydroxylation sites is 1. The Morgan fingerprint density at radius 1 is 1.00 bits per heavy atom. The number of nitrogens with one attached hydrogen (secondary N) is 2. The van der Waals surface area contributed by atoms with Gasteiger partial charge in [-0.15, -0.1) is 11.3 Å². The Morgan fingerprint density at radius 3 is 2.55 bits per heavy atom. The van der Waals surface area contributed by atoms with Crippen LogP contribution in [0.15, 0.2) is 54.6 Å². The minimum absolute atomic E-state index is 0.0553. The number of carbonyl (C=O) groups is 2. The van der Waals surface area contributed by atoms with Crippen LogP contribution < -0.4 is 10.6 Å². The Balaban J connectivity index is 1.28. The summed E-state index contributed by atoms with van der Waals surface area (Å²) in [7, 11) is 1.74. The van der Waals surface area contributed by atoms with Gasteiger partial charge in [0.1, 0.15) is 0 Å². The molecule has 1 aromatic heterocycles. The van der Waals surface area contributed by atoms with Crippen LogP contribution in [-0.2, 0) is 17.8 Å². The van der Waals surface area contributed by atoms with Gasteiger partial charge in [0.15, 0.2) is 0 Å². The van der Waals surface area contributed by atoms with Gasteiger partial charge in [-0.2, -0.15) is 0 Å². The van der Waals surface area contributed by atoms with Crippen LogP contribution in [0.3, 0.4) is 0 Å². The molecule has 0 radical (unpaired) electrons. The number of urea groups is 1. The monoisotopic (exact) mass is 410 g/mol. The average Bonchev–Trinajstić information content (AvgIpc) is 3.14. The fraction of sp³-hybridized carbons (Fsp3) is 0.318. The SMILES string of the molecule is CN(Cc1ccccc1)C(=O)NCCC(=O)NCCCc1nc2ccccc2s1. The van der Waals surface area contributed by atoms with Crippen molar-refractivity contribution in [3.8, 4) is 0 Å². The van der Waals surface area contributed by atoms with Gasteiger partial charge in [-0.1, -0.05) is 42.5 Å². The van der Waals surface area contributed by atoms with Gasteiger partial charge in [0.2, 0.25) is 5.91 Å². The number of aryl methyl sites for hydroxylation is 1. The van der Waals surface area contributed by atoms with Crippen molar-refractivity contribution >= 4 is 33.5 Å². The van der Waals surface area contributed by atoms with E-state index in [-0.39, 0.29) is 18.4 Å². The van der Waals surface area contributed by atoms with E-state index in [1.807, 2.05) is 48.5 Å². The lowest BCUT2D eigenvalue weighted by Gasteiger charge is -2.18. The number of benzene rings is 2. The highest BCUT2D eigenvalue weighted by atomic mass is 32.1. The lowest BCUT2D eigenvalue weighted by molar-refractivity contribution is -0.120. The summed E-state index contributed by atoms with van der Waals surface area (Å²) in [5.74, 6) is -0.0553. The van der Waals surface area contributed by atoms with Gasteiger partial charge in [-0.25, -0.2) is 9.78 Å². The molecule has 3 aromatic rings. The minimum atomic E-state index is -0.183. The van der Waals surface area contributed by atoms with E-state index in [9.17, 15) is 9.59 Å². The van der Waals surface area contributed by atoms with Crippen LogP contribution >= 0.6 is 11.3 Å². The molecule has 152 valence electrons. The molecular formula is C22H26N4O2S. The fourth-order valence-corrected chi connectivity index (χ4v) is 3.94. The molecule has 0 atom stereocenters. The Morgan fingerprint density at radius 2 is 1.76 bits per heavy atom. The third-order valence-electron chi connectivity index (χ3n) is 4.47. The summed E-state index contributed by atoms with van der Waals surface area (Å²) in [5.41, 5.74) is 2.10. The van der Waals surface area contributed by atoms with Crippen molar-refractivity contribution in [2.24, 2.45) is 0 Å². The number of thiazole rings is 1. The van der Waals surface area contributed by atoms with Crippen molar-refractivity contribution in [2.45, 2.75) is 25.8 Å². The number of hydrogen-bond donors (Lipinski definition) is 2. The van der Waals surface area contributed by atoms with Crippen molar-refractivity contribution in [3.05, 3.63) is 65.2 Å². The van der Waals surface area contributed by atoms with Crippen LogP contribution in [0.4, 0.5) is 4.79 Å². The number of carbonyl (C=O) groups excluding carboxylic acids is 2. The van der Waals surface area contributed by atoms with E-state index in [1.165, 1.54) is 4.70 Å². The second-order valence-electron chi connectivity index (χ2n) is 6.85. The fourth-order valence-electron chi connectivity index (χ4n) is 2.93. The predicted octanol–water partition coefficient (Wildman–Crippen LogP) is 3.58. The number of amides is 3. The molecule has 0 unspecified atom stereocenters. The molecule has 1 heterocycles. The van der Waals surface area contributed by atoms with Crippen molar-refractivity contribution in [3.63, 3.8) is 0 Å². The maximum atomic E-state index is 12.1. The molecule has 6 nitrogen and oxygen atoms in total. The molecule has 2 aromatic carbocycles. The average molecular weight is 411 g/mol. The predicted molar refractivity (Wildman–Crippen MR) is 117 cm³/mol. The van der Waals surface area contributed by atoms with Gasteiger partial charge < -0.3 is 15.5 Å². The highest BCUT2D eigenvalue weighted by Gasteiger charge is 2.09. The summed E-state index contributed by atoms with van der Waals surface area (Å²) in [6.07, 6.45) is 1.96. The van der Waals surface area contributed by atoms with Gasteiger partial charge in [-0.3, -0.25) is 4.79 Å². The standard InChI is InChI=1S/C22H26N4O2S/c1-26(16-17-8-3-2-4-9-17)22(28)24-15-13-20(27)23-14-7-12-21-25-18-10-5-6-11-19(18)29-21/h2-6,8-11H,7,12-16H2,1H3,(H,23,27)(H,24,28). The zero-order valence-corrected chi connectivity index (χ0v) is 17.4. The third-order valence-corrected chi connectivity index (χ3v) is 5.56. The smallest absolute Gasteiger partial charge is 0.317 e. The van der Waals surface area contributed by atoms with Crippen LogP contribution in [0, 0.1) is 0 Å². The summed E-state index contributed by atoms with van der Waals surface area (Å²) in [5, 5.41) is 6.78. The Kier molecular flexibility index (Phi) is 7.58. The van der Waals surface area contributed by atoms with Crippen LogP contribution in [0.1, 0.15) is 23.4 Å². The molecule has 0 spiro atoms. The molecule has 7 heteroatoms. The van der Waals surface area contributed by atoms with E-state index in [0.717, 1.165) is 28.9 Å². The summed E-state index contributed by atoms with van der Waals surface area (Å²) in [6, 6.07) is 17.7. The second-order valence-corrected chi connectivity index (χ2v) is 7.97. The summed E-state index contributed by atoms with van der Waals surface area (Å²) in [6.45, 7) is 1.46. The summed E-state index contributed by atoms with van der Waals surface area (Å²) < 4.78 is 1.19. The van der Waals surface area contributed by atoms with Gasteiger partial charge in [-0.05, 0) is 24.1 Å². The third kappa shape index (κ3) is 6.57. The number of fused-ring (bicyclic) bond motifs is 1. The highest BCUT2D eigenvalue weighted by molar-refractivity contribution is 7.18. The molecule has 0 aliphatic carbocycles. The number of hydrogen-bond acceptors (Lipinski definition) is 4. The first kappa shape index (κ1) is 20.8. The lowest BCUT2D eigenvalue weighted by Crippen LogP contribution is -2.38. The quantitative estimate of drug-likeness (QED) is 0.530. The van der Waals surface area contributed by atoms with Gasteiger partial charge >= 0.3 is 6.03 Å². The minimum Gasteiger partial charge on any atom is -0.356 e. The van der Waals surface area contributed by atoms with Gasteiger partial charge in [0, 0.05) is 39.5 Å². The maximum absolute atomic E-state index is 12.1. The first-order valence-electron chi connectivity index (χ1n) is 9.76. The van der Waals surface area contributed by atoms with Crippen LogP contribution in [-0.4, -0.2) is 42.0 Å². The Hall–Kier alpha value is -2.93. The normalized spacial score (nSPS) is 10.7. The molecule has 3 amide bonds. The molecule has 0 aliphatic heterocycles. The molecule has 0 saturated carbocycles. The number of aromatic nitrogens is 1. The van der Waals surface area contributed by atoms with Crippen molar-refractivity contribution < 1.29 is 9.59 Å². The van der Waals surface area contributed by atoms with E-state index in [1.54, 1.807) is 23.3 Å². The van der Waals surface area contributed by atoms with E-state index < -0.39 is 0 Å². The highest BCUT2D eigenvalue weighted by Crippen LogP contribution is 2.22. The Bertz CT molecular complexity index is 909. The molecule has 0 saturated heterocycles. The van der Waals surface area contributed by atoms with Crippen LogP contribution in [0.5, 0.6) is 0 Å². The first-order valence-corrected chi connectivity index (χ1v) is 10.6. The topological polar surface area (TPSA) is 74.3 Å². The molecule has 2 N–H and O–H groups in total. The largest absolute Gasteiger partial charge is 0.356 e. The molecule has 29 heavy (non-hydrogen) atoms. The van der Waals surface area contributed by atoms with Crippen molar-refractivity contribution in [1.29, 1.82) is 0 Å². The van der Waals surface area contributed by atoms with E-state index in [4.69, 9.17) is 0 Å². The van der Waals surface area contributed by atoms with E-state index in [2.05, 4.69) is 21.7 Å². The molecule has 3 rings (SSSR count). The van der Waals surface area contributed by atoms with Crippen molar-refractivity contribution in [2.75, 3.05) is 20.1 Å². The van der Waals surface area contributed by atoms with Crippen molar-refractivity contribution in [1.82, 2.24) is 20.5 Å². The number of nitrogens with zero attached hydrogens (tertiary/aromatic N) is 2.